The van der Waals surface area contributed by atoms with Crippen molar-refractivity contribution in [1.82, 2.24) is 4.90 Å². The quantitative estimate of drug-likeness (QED) is 0.424. The number of esters is 1. The maximum atomic E-state index is 11.4. The average Bonchev–Trinajstić information content (AvgIpc) is 2.45. The number of amides is 1. The number of halogens is 1. The number of hydrogen-bond acceptors (Lipinski definition) is 3. The van der Waals surface area contributed by atoms with Crippen molar-refractivity contribution >= 4 is 27.8 Å². The van der Waals surface area contributed by atoms with Crippen LogP contribution in [0, 0.1) is 0 Å². The van der Waals surface area contributed by atoms with Crippen molar-refractivity contribution in [2.45, 2.75) is 18.2 Å². The van der Waals surface area contributed by atoms with E-state index in [9.17, 15) is 9.59 Å². The Bertz CT molecular complexity index is 288. The Morgan fingerprint density at radius 3 is 2.79 bits per heavy atom. The predicted molar refractivity (Wildman–Crippen MR) is 54.8 cm³/mol. The second-order valence-electron chi connectivity index (χ2n) is 3.11. The van der Waals surface area contributed by atoms with E-state index in [2.05, 4.69) is 20.7 Å². The Morgan fingerprint density at radius 1 is 1.71 bits per heavy atom. The Morgan fingerprint density at radius 2 is 2.36 bits per heavy atom. The number of rotatable bonds is 2. The topological polar surface area (TPSA) is 46.6 Å². The summed E-state index contributed by atoms with van der Waals surface area (Å²) in [7, 11) is 1.31. The zero-order valence-corrected chi connectivity index (χ0v) is 9.70. The van der Waals surface area contributed by atoms with Gasteiger partial charge < -0.3 is 9.64 Å². The van der Waals surface area contributed by atoms with E-state index < -0.39 is 5.97 Å². The summed E-state index contributed by atoms with van der Waals surface area (Å²) in [5.41, 5.74) is 0.629. The van der Waals surface area contributed by atoms with Crippen LogP contribution >= 0.6 is 15.9 Å². The van der Waals surface area contributed by atoms with E-state index in [0.717, 1.165) is 0 Å². The monoisotopic (exact) mass is 261 g/mol. The maximum absolute atomic E-state index is 11.4. The largest absolute Gasteiger partial charge is 0.466 e. The smallest absolute Gasteiger partial charge is 0.332 e. The molecule has 0 radical (unpaired) electrons. The molecule has 1 fully saturated rings. The van der Waals surface area contributed by atoms with Crippen LogP contribution in [0.3, 0.4) is 0 Å². The zero-order valence-electron chi connectivity index (χ0n) is 8.12. The van der Waals surface area contributed by atoms with Crippen LogP contribution < -0.4 is 0 Å². The molecular formula is C9H12BrNO3. The van der Waals surface area contributed by atoms with Crippen LogP contribution in [0.2, 0.25) is 0 Å². The lowest BCUT2D eigenvalue weighted by molar-refractivity contribution is -0.135. The summed E-state index contributed by atoms with van der Waals surface area (Å²) in [6, 6.07) is 0. The molecule has 14 heavy (non-hydrogen) atoms. The van der Waals surface area contributed by atoms with Crippen molar-refractivity contribution in [3.63, 3.8) is 0 Å². The molecule has 0 spiro atoms. The lowest BCUT2D eigenvalue weighted by Gasteiger charge is -2.15. The highest BCUT2D eigenvalue weighted by Crippen LogP contribution is 2.21. The van der Waals surface area contributed by atoms with E-state index in [-0.39, 0.29) is 10.7 Å². The fraction of sp³-hybridized carbons (Fsp3) is 0.556. The van der Waals surface area contributed by atoms with E-state index in [1.54, 1.807) is 11.8 Å². The number of allylic oxidation sites excluding steroid dienone is 1. The number of likely N-dealkylation sites (tertiary alicyclic amines) is 1. The highest BCUT2D eigenvalue weighted by molar-refractivity contribution is 9.09. The fourth-order valence-corrected chi connectivity index (χ4v) is 1.88. The molecule has 0 N–H and O–H groups in total. The van der Waals surface area contributed by atoms with Crippen LogP contribution in [0.5, 0.6) is 0 Å². The molecule has 0 aromatic rings. The van der Waals surface area contributed by atoms with Crippen molar-refractivity contribution < 1.29 is 14.3 Å². The fourth-order valence-electron chi connectivity index (χ4n) is 1.31. The SMILES string of the molecule is COC(=O)C=C(C)N1CC(Br)CC1=O. The van der Waals surface area contributed by atoms with Gasteiger partial charge in [0.25, 0.3) is 0 Å². The van der Waals surface area contributed by atoms with Crippen molar-refractivity contribution in [3.8, 4) is 0 Å². The van der Waals surface area contributed by atoms with Crippen LogP contribution in [0.15, 0.2) is 11.8 Å². The van der Waals surface area contributed by atoms with Gasteiger partial charge in [-0.05, 0) is 6.92 Å². The van der Waals surface area contributed by atoms with Gasteiger partial charge in [-0.2, -0.15) is 0 Å². The van der Waals surface area contributed by atoms with Crippen LogP contribution in [0.1, 0.15) is 13.3 Å². The van der Waals surface area contributed by atoms with Gasteiger partial charge in [0.2, 0.25) is 5.91 Å². The molecule has 0 saturated carbocycles. The van der Waals surface area contributed by atoms with Gasteiger partial charge in [0.05, 0.1) is 7.11 Å². The molecular weight excluding hydrogens is 250 g/mol. The van der Waals surface area contributed by atoms with E-state index >= 15 is 0 Å². The predicted octanol–water partition coefficient (Wildman–Crippen LogP) is 1.06. The second-order valence-corrected chi connectivity index (χ2v) is 4.41. The number of nitrogens with zero attached hydrogens (tertiary/aromatic N) is 1. The summed E-state index contributed by atoms with van der Waals surface area (Å²) >= 11 is 3.36. The lowest BCUT2D eigenvalue weighted by Crippen LogP contribution is -2.23. The van der Waals surface area contributed by atoms with Gasteiger partial charge in [-0.3, -0.25) is 4.79 Å². The molecule has 1 atom stereocenters. The van der Waals surface area contributed by atoms with Gasteiger partial charge in [-0.25, -0.2) is 4.79 Å². The molecule has 0 aliphatic carbocycles. The first-order valence-electron chi connectivity index (χ1n) is 4.25. The molecule has 1 aliphatic rings. The first-order chi connectivity index (χ1) is 6.54. The molecule has 1 heterocycles. The molecule has 1 saturated heterocycles. The zero-order chi connectivity index (χ0) is 10.7. The summed E-state index contributed by atoms with van der Waals surface area (Å²) < 4.78 is 4.48. The molecule has 5 heteroatoms. The van der Waals surface area contributed by atoms with Gasteiger partial charge in [0.15, 0.2) is 0 Å². The number of ether oxygens (including phenoxy) is 1. The van der Waals surface area contributed by atoms with Gasteiger partial charge in [0.1, 0.15) is 0 Å². The molecule has 1 rings (SSSR count). The number of hydrogen-bond donors (Lipinski definition) is 0. The average molecular weight is 262 g/mol. The number of carbonyl (C=O) groups excluding carboxylic acids is 2. The van der Waals surface area contributed by atoms with E-state index in [1.165, 1.54) is 13.2 Å². The second kappa shape index (κ2) is 4.59. The Balaban J connectivity index is 2.70. The third kappa shape index (κ3) is 2.57. The first kappa shape index (κ1) is 11.2. The molecule has 78 valence electrons. The van der Waals surface area contributed by atoms with Crippen molar-refractivity contribution in [1.29, 1.82) is 0 Å². The van der Waals surface area contributed by atoms with Crippen molar-refractivity contribution in [2.75, 3.05) is 13.7 Å². The molecule has 4 nitrogen and oxygen atoms in total. The van der Waals surface area contributed by atoms with Gasteiger partial charge >= 0.3 is 5.97 Å². The number of alkyl halides is 1. The summed E-state index contributed by atoms with van der Waals surface area (Å²) in [6.07, 6.45) is 1.80. The molecule has 1 aliphatic heterocycles. The summed E-state index contributed by atoms with van der Waals surface area (Å²) in [6.45, 7) is 2.33. The summed E-state index contributed by atoms with van der Waals surface area (Å²) in [5, 5.41) is 0. The standard InChI is InChI=1S/C9H12BrNO3/c1-6(3-9(13)14-2)11-5-7(10)4-8(11)12/h3,7H,4-5H2,1-2H3. The molecule has 0 aromatic heterocycles. The van der Waals surface area contributed by atoms with Gasteiger partial charge in [-0.15, -0.1) is 0 Å². The minimum atomic E-state index is -0.437. The summed E-state index contributed by atoms with van der Waals surface area (Å²) in [5.74, 6) is -0.405. The minimum absolute atomic E-state index is 0.0320. The normalized spacial score (nSPS) is 22.8. The lowest BCUT2D eigenvalue weighted by atomic mass is 10.4. The molecule has 1 unspecified atom stereocenters. The van der Waals surface area contributed by atoms with E-state index in [0.29, 0.717) is 18.7 Å². The number of carbonyl (C=O) groups is 2. The third-order valence-electron chi connectivity index (χ3n) is 2.03. The maximum Gasteiger partial charge on any atom is 0.332 e. The summed E-state index contributed by atoms with van der Waals surface area (Å²) in [4.78, 5) is 24.1. The third-order valence-corrected chi connectivity index (χ3v) is 2.64. The van der Waals surface area contributed by atoms with Crippen LogP contribution in [-0.2, 0) is 14.3 Å². The highest BCUT2D eigenvalue weighted by atomic mass is 79.9. The Labute approximate surface area is 91.0 Å². The van der Waals surface area contributed by atoms with Crippen molar-refractivity contribution in [3.05, 3.63) is 11.8 Å². The van der Waals surface area contributed by atoms with Gasteiger partial charge in [0, 0.05) is 29.6 Å². The van der Waals surface area contributed by atoms with Crippen LogP contribution in [0.25, 0.3) is 0 Å². The minimum Gasteiger partial charge on any atom is -0.466 e. The highest BCUT2D eigenvalue weighted by Gasteiger charge is 2.28. The van der Waals surface area contributed by atoms with Crippen LogP contribution in [0.4, 0.5) is 0 Å². The molecule has 0 aromatic carbocycles. The van der Waals surface area contributed by atoms with E-state index in [1.807, 2.05) is 0 Å². The molecule has 0 bridgehead atoms. The Kier molecular flexibility index (Phi) is 3.69. The van der Waals surface area contributed by atoms with Gasteiger partial charge in [-0.1, -0.05) is 15.9 Å². The first-order valence-corrected chi connectivity index (χ1v) is 5.17. The number of methoxy groups -OCH3 is 1. The van der Waals surface area contributed by atoms with E-state index in [4.69, 9.17) is 0 Å². The van der Waals surface area contributed by atoms with Crippen molar-refractivity contribution in [2.24, 2.45) is 0 Å². The molecule has 1 amide bonds. The van der Waals surface area contributed by atoms with Crippen LogP contribution in [-0.4, -0.2) is 35.3 Å². The Hall–Kier alpha value is -0.840.